The first-order chi connectivity index (χ1) is 5.23. The van der Waals surface area contributed by atoms with Crippen LogP contribution in [-0.2, 0) is 4.79 Å². The fourth-order valence-corrected chi connectivity index (χ4v) is 2.01. The summed E-state index contributed by atoms with van der Waals surface area (Å²) in [5, 5.41) is 2.80. The van der Waals surface area contributed by atoms with Crippen molar-refractivity contribution < 1.29 is 4.79 Å². The van der Waals surface area contributed by atoms with Crippen molar-refractivity contribution in [3.05, 3.63) is 0 Å². The quantitative estimate of drug-likeness (QED) is 0.483. The maximum atomic E-state index is 11.2. The molecule has 2 rings (SSSR count). The van der Waals surface area contributed by atoms with E-state index in [2.05, 4.69) is 5.32 Å². The minimum absolute atomic E-state index is 0.00979. The number of amides is 1. The number of hydrogen-bond donors (Lipinski definition) is 2. The maximum absolute atomic E-state index is 11.2. The minimum Gasteiger partial charge on any atom is -0.354 e. The highest BCUT2D eigenvalue weighted by Crippen LogP contribution is 2.39. The molecule has 1 spiro atoms. The fourth-order valence-electron chi connectivity index (χ4n) is 2.01. The lowest BCUT2D eigenvalue weighted by molar-refractivity contribution is -0.142. The summed E-state index contributed by atoms with van der Waals surface area (Å²) >= 11 is 0. The second-order valence-electron chi connectivity index (χ2n) is 3.80. The highest BCUT2D eigenvalue weighted by molar-refractivity contribution is 5.88. The molecule has 1 aliphatic heterocycles. The van der Waals surface area contributed by atoms with Crippen LogP contribution in [-0.4, -0.2) is 18.5 Å². The highest BCUT2D eigenvalue weighted by Gasteiger charge is 2.47. The zero-order valence-electron chi connectivity index (χ0n) is 6.60. The van der Waals surface area contributed by atoms with Crippen molar-refractivity contribution >= 4 is 5.91 Å². The van der Waals surface area contributed by atoms with Gasteiger partial charge in [-0.3, -0.25) is 4.79 Å². The van der Waals surface area contributed by atoms with Gasteiger partial charge in [-0.25, -0.2) is 0 Å². The van der Waals surface area contributed by atoms with Crippen LogP contribution in [0.25, 0.3) is 0 Å². The van der Waals surface area contributed by atoms with Gasteiger partial charge < -0.3 is 11.1 Å². The van der Waals surface area contributed by atoms with Crippen molar-refractivity contribution in [1.29, 1.82) is 0 Å². The average molecular weight is 154 g/mol. The predicted molar refractivity (Wildman–Crippen MR) is 41.9 cm³/mol. The largest absolute Gasteiger partial charge is 0.354 e. The molecular formula is C8H14N2O. The van der Waals surface area contributed by atoms with Crippen LogP contribution < -0.4 is 11.1 Å². The topological polar surface area (TPSA) is 55.1 Å². The Hall–Kier alpha value is -0.570. The predicted octanol–water partition coefficient (Wildman–Crippen LogP) is 0.00390. The molecule has 0 aromatic heterocycles. The van der Waals surface area contributed by atoms with Gasteiger partial charge in [-0.05, 0) is 25.7 Å². The van der Waals surface area contributed by atoms with Crippen molar-refractivity contribution in [3.63, 3.8) is 0 Å². The molecule has 1 amide bonds. The van der Waals surface area contributed by atoms with Crippen molar-refractivity contribution in [2.24, 2.45) is 11.1 Å². The smallest absolute Gasteiger partial charge is 0.228 e. The van der Waals surface area contributed by atoms with Crippen molar-refractivity contribution in [1.82, 2.24) is 5.32 Å². The molecule has 1 saturated heterocycles. The molecule has 2 fully saturated rings. The van der Waals surface area contributed by atoms with E-state index in [9.17, 15) is 4.79 Å². The number of nitrogens with one attached hydrogen (secondary N) is 1. The van der Waals surface area contributed by atoms with E-state index in [0.717, 1.165) is 32.2 Å². The molecule has 0 unspecified atom stereocenters. The van der Waals surface area contributed by atoms with Gasteiger partial charge in [0.05, 0.1) is 5.41 Å². The normalized spacial score (nSPS) is 43.4. The molecule has 62 valence electrons. The summed E-state index contributed by atoms with van der Waals surface area (Å²) in [5.74, 6) is 0.254. The summed E-state index contributed by atoms with van der Waals surface area (Å²) in [6.07, 6.45) is 4.04. The van der Waals surface area contributed by atoms with E-state index in [1.165, 1.54) is 0 Å². The molecule has 1 saturated carbocycles. The first-order valence-electron chi connectivity index (χ1n) is 4.27. The van der Waals surface area contributed by atoms with Gasteiger partial charge in [-0.1, -0.05) is 0 Å². The third-order valence-corrected chi connectivity index (χ3v) is 3.06. The summed E-state index contributed by atoms with van der Waals surface area (Å²) in [7, 11) is 0. The Balaban J connectivity index is 2.01. The van der Waals surface area contributed by atoms with Crippen molar-refractivity contribution in [2.45, 2.75) is 31.7 Å². The van der Waals surface area contributed by atoms with E-state index in [4.69, 9.17) is 5.73 Å². The maximum Gasteiger partial charge on any atom is 0.228 e. The molecule has 1 aliphatic carbocycles. The van der Waals surface area contributed by atoms with Gasteiger partial charge in [0.15, 0.2) is 0 Å². The lowest BCUT2D eigenvalue weighted by Gasteiger charge is -2.44. The Bertz CT molecular complexity index is 183. The van der Waals surface area contributed by atoms with Crippen LogP contribution in [0.2, 0.25) is 0 Å². The fraction of sp³-hybridized carbons (Fsp3) is 0.875. The lowest BCUT2D eigenvalue weighted by atomic mass is 9.68. The number of nitrogens with two attached hydrogens (primary N) is 1. The number of carbonyl (C=O) groups excluding carboxylic acids is 1. The Morgan fingerprint density at radius 1 is 1.45 bits per heavy atom. The molecule has 1 heterocycles. The summed E-state index contributed by atoms with van der Waals surface area (Å²) in [6.45, 7) is 0.887. The van der Waals surface area contributed by atoms with Crippen LogP contribution in [0.15, 0.2) is 0 Å². The molecule has 3 nitrogen and oxygen atoms in total. The Morgan fingerprint density at radius 3 is 2.45 bits per heavy atom. The SMILES string of the molecule is NC1CCC2(CC1)CNC2=O. The monoisotopic (exact) mass is 154 g/mol. The van der Waals surface area contributed by atoms with E-state index in [-0.39, 0.29) is 11.3 Å². The van der Waals surface area contributed by atoms with Gasteiger partial charge in [-0.15, -0.1) is 0 Å². The molecule has 3 heteroatoms. The lowest BCUT2D eigenvalue weighted by Crippen LogP contribution is -2.60. The van der Waals surface area contributed by atoms with E-state index in [1.54, 1.807) is 0 Å². The summed E-state index contributed by atoms with van der Waals surface area (Å²) in [6, 6.07) is 0.342. The molecule has 0 radical (unpaired) electrons. The molecule has 0 atom stereocenters. The highest BCUT2D eigenvalue weighted by atomic mass is 16.2. The number of carbonyl (C=O) groups is 1. The molecular weight excluding hydrogens is 140 g/mol. The Morgan fingerprint density at radius 2 is 2.09 bits per heavy atom. The first kappa shape index (κ1) is 7.10. The van der Waals surface area contributed by atoms with Crippen LogP contribution in [0, 0.1) is 5.41 Å². The van der Waals surface area contributed by atoms with Gasteiger partial charge in [-0.2, -0.15) is 0 Å². The zero-order chi connectivity index (χ0) is 7.90. The second-order valence-corrected chi connectivity index (χ2v) is 3.80. The first-order valence-corrected chi connectivity index (χ1v) is 4.27. The average Bonchev–Trinajstić information content (AvgIpc) is 2.03. The van der Waals surface area contributed by atoms with Gasteiger partial charge in [0.1, 0.15) is 0 Å². The standard InChI is InChI=1S/C8H14N2O/c9-6-1-3-8(4-2-6)5-10-7(8)11/h6H,1-5,9H2,(H,10,11). The van der Waals surface area contributed by atoms with Gasteiger partial charge in [0, 0.05) is 12.6 Å². The zero-order valence-corrected chi connectivity index (χ0v) is 6.60. The van der Waals surface area contributed by atoms with E-state index >= 15 is 0 Å². The van der Waals surface area contributed by atoms with Crippen LogP contribution in [0.3, 0.4) is 0 Å². The molecule has 11 heavy (non-hydrogen) atoms. The number of rotatable bonds is 0. The Labute approximate surface area is 66.3 Å². The molecule has 3 N–H and O–H groups in total. The van der Waals surface area contributed by atoms with Crippen LogP contribution in [0.5, 0.6) is 0 Å². The van der Waals surface area contributed by atoms with E-state index < -0.39 is 0 Å². The third-order valence-electron chi connectivity index (χ3n) is 3.06. The van der Waals surface area contributed by atoms with Gasteiger partial charge >= 0.3 is 0 Å². The van der Waals surface area contributed by atoms with E-state index in [0.29, 0.717) is 6.04 Å². The molecule has 0 bridgehead atoms. The molecule has 0 aromatic carbocycles. The van der Waals surface area contributed by atoms with Crippen LogP contribution in [0.1, 0.15) is 25.7 Å². The third kappa shape index (κ3) is 0.948. The second kappa shape index (κ2) is 2.21. The summed E-state index contributed by atoms with van der Waals surface area (Å²) in [5.41, 5.74) is 5.76. The molecule has 0 aromatic rings. The number of β-lactam (4-membered cyclic amide) rings is 1. The van der Waals surface area contributed by atoms with Crippen molar-refractivity contribution in [3.8, 4) is 0 Å². The summed E-state index contributed by atoms with van der Waals surface area (Å²) in [4.78, 5) is 11.2. The van der Waals surface area contributed by atoms with Gasteiger partial charge in [0.2, 0.25) is 5.91 Å². The van der Waals surface area contributed by atoms with Crippen molar-refractivity contribution in [2.75, 3.05) is 6.54 Å². The van der Waals surface area contributed by atoms with Crippen LogP contribution in [0.4, 0.5) is 0 Å². The van der Waals surface area contributed by atoms with E-state index in [1.807, 2.05) is 0 Å². The van der Waals surface area contributed by atoms with Gasteiger partial charge in [0.25, 0.3) is 0 Å². The summed E-state index contributed by atoms with van der Waals surface area (Å²) < 4.78 is 0. The Kier molecular flexibility index (Phi) is 1.42. The molecule has 2 aliphatic rings. The van der Waals surface area contributed by atoms with Crippen LogP contribution >= 0.6 is 0 Å². The number of hydrogen-bond acceptors (Lipinski definition) is 2. The minimum atomic E-state index is 0.00979.